The summed E-state index contributed by atoms with van der Waals surface area (Å²) < 4.78 is 5.87. The van der Waals surface area contributed by atoms with Crippen LogP contribution in [-0.4, -0.2) is 72.2 Å². The van der Waals surface area contributed by atoms with Gasteiger partial charge in [-0.15, -0.1) is 0 Å². The summed E-state index contributed by atoms with van der Waals surface area (Å²) in [4.78, 5) is 18.2. The van der Waals surface area contributed by atoms with Crippen molar-refractivity contribution in [3.05, 3.63) is 0 Å². The molecule has 27 heavy (non-hydrogen) atoms. The van der Waals surface area contributed by atoms with E-state index in [-0.39, 0.29) is 24.2 Å². The van der Waals surface area contributed by atoms with E-state index in [4.69, 9.17) is 4.74 Å². The molecule has 2 aliphatic heterocycles. The summed E-state index contributed by atoms with van der Waals surface area (Å²) >= 11 is 0. The molecule has 2 heterocycles. The lowest BCUT2D eigenvalue weighted by Crippen LogP contribution is -2.58. The Morgan fingerprint density at radius 1 is 0.963 bits per heavy atom. The van der Waals surface area contributed by atoms with E-state index in [0.29, 0.717) is 12.0 Å². The Morgan fingerprint density at radius 2 is 1.59 bits per heavy atom. The van der Waals surface area contributed by atoms with Crippen molar-refractivity contribution in [1.82, 2.24) is 15.1 Å². The molecule has 4 atom stereocenters. The summed E-state index contributed by atoms with van der Waals surface area (Å²) in [5.74, 6) is 0.529. The van der Waals surface area contributed by atoms with Crippen molar-refractivity contribution in [2.75, 3.05) is 26.2 Å². The van der Waals surface area contributed by atoms with Crippen LogP contribution in [0.5, 0.6) is 0 Å². The molecular weight excluding hydrogens is 338 g/mol. The number of ether oxygens (including phenoxy) is 1. The maximum absolute atomic E-state index is 13.2. The minimum absolute atomic E-state index is 0.0502. The molecule has 5 heteroatoms. The van der Waals surface area contributed by atoms with Gasteiger partial charge in [-0.1, -0.05) is 39.5 Å². The highest BCUT2D eigenvalue weighted by atomic mass is 16.5. The van der Waals surface area contributed by atoms with Crippen LogP contribution in [0.3, 0.4) is 0 Å². The van der Waals surface area contributed by atoms with Crippen molar-refractivity contribution < 1.29 is 9.53 Å². The Balaban J connectivity index is 1.54. The lowest BCUT2D eigenvalue weighted by molar-refractivity contribution is -0.136. The van der Waals surface area contributed by atoms with E-state index in [2.05, 4.69) is 42.8 Å². The first kappa shape index (κ1) is 21.1. The average molecular weight is 380 g/mol. The van der Waals surface area contributed by atoms with Crippen molar-refractivity contribution in [3.63, 3.8) is 0 Å². The summed E-state index contributed by atoms with van der Waals surface area (Å²) in [6, 6.07) is 1.01. The number of nitrogens with one attached hydrogen (secondary N) is 1. The molecule has 0 aromatic heterocycles. The molecule has 0 spiro atoms. The minimum Gasteiger partial charge on any atom is -0.373 e. The van der Waals surface area contributed by atoms with E-state index in [1.54, 1.807) is 0 Å². The SMILES string of the molecule is CC1CN(C(C(=O)NC2CCN(C3CCCCCC3)C2)C(C)C)CC(C)O1. The van der Waals surface area contributed by atoms with Gasteiger partial charge < -0.3 is 10.1 Å². The third-order valence-electron chi connectivity index (χ3n) is 6.65. The van der Waals surface area contributed by atoms with Crippen LogP contribution < -0.4 is 5.32 Å². The summed E-state index contributed by atoms with van der Waals surface area (Å²) in [6.07, 6.45) is 9.73. The third-order valence-corrected chi connectivity index (χ3v) is 6.65. The number of nitrogens with zero attached hydrogens (tertiary/aromatic N) is 2. The smallest absolute Gasteiger partial charge is 0.237 e. The zero-order valence-electron chi connectivity index (χ0n) is 18.0. The molecular formula is C22H41N3O2. The van der Waals surface area contributed by atoms with E-state index in [1.165, 1.54) is 38.5 Å². The van der Waals surface area contributed by atoms with Gasteiger partial charge >= 0.3 is 0 Å². The number of carbonyl (C=O) groups excluding carboxylic acids is 1. The molecule has 3 rings (SSSR count). The van der Waals surface area contributed by atoms with Crippen molar-refractivity contribution in [1.29, 1.82) is 0 Å². The van der Waals surface area contributed by atoms with E-state index in [1.807, 2.05) is 0 Å². The largest absolute Gasteiger partial charge is 0.373 e. The fourth-order valence-corrected chi connectivity index (χ4v) is 5.48. The molecule has 0 radical (unpaired) electrons. The third kappa shape index (κ3) is 5.68. The summed E-state index contributed by atoms with van der Waals surface area (Å²) in [5.41, 5.74) is 0. The lowest BCUT2D eigenvalue weighted by atomic mass is 9.99. The van der Waals surface area contributed by atoms with Crippen molar-refractivity contribution in [3.8, 4) is 0 Å². The number of amides is 1. The van der Waals surface area contributed by atoms with Crippen LogP contribution in [0.15, 0.2) is 0 Å². The first-order chi connectivity index (χ1) is 12.9. The van der Waals surface area contributed by atoms with Crippen molar-refractivity contribution in [2.45, 2.75) is 103 Å². The normalized spacial score (nSPS) is 33.1. The van der Waals surface area contributed by atoms with Gasteiger partial charge in [0, 0.05) is 38.3 Å². The molecule has 3 fully saturated rings. The minimum atomic E-state index is -0.0502. The topological polar surface area (TPSA) is 44.8 Å². The molecule has 3 aliphatic rings. The molecule has 1 aliphatic carbocycles. The Hall–Kier alpha value is -0.650. The quantitative estimate of drug-likeness (QED) is 0.746. The fourth-order valence-electron chi connectivity index (χ4n) is 5.48. The van der Waals surface area contributed by atoms with Gasteiger partial charge in [-0.3, -0.25) is 14.6 Å². The van der Waals surface area contributed by atoms with Gasteiger partial charge in [0.05, 0.1) is 18.2 Å². The molecule has 1 N–H and O–H groups in total. The highest BCUT2D eigenvalue weighted by Gasteiger charge is 2.36. The number of carbonyl (C=O) groups is 1. The molecule has 0 bridgehead atoms. The van der Waals surface area contributed by atoms with E-state index in [0.717, 1.165) is 38.6 Å². The van der Waals surface area contributed by atoms with E-state index < -0.39 is 0 Å². The number of hydrogen-bond acceptors (Lipinski definition) is 4. The Bertz CT molecular complexity index is 466. The molecule has 5 nitrogen and oxygen atoms in total. The van der Waals surface area contributed by atoms with Crippen LogP contribution in [0, 0.1) is 5.92 Å². The molecule has 1 amide bonds. The van der Waals surface area contributed by atoms with Gasteiger partial charge in [0.1, 0.15) is 0 Å². The molecule has 2 saturated heterocycles. The second-order valence-electron chi connectivity index (χ2n) is 9.53. The monoisotopic (exact) mass is 379 g/mol. The number of morpholine rings is 1. The van der Waals surface area contributed by atoms with Gasteiger partial charge in [-0.25, -0.2) is 0 Å². The predicted molar refractivity (Wildman–Crippen MR) is 110 cm³/mol. The maximum Gasteiger partial charge on any atom is 0.237 e. The summed E-state index contributed by atoms with van der Waals surface area (Å²) in [7, 11) is 0. The zero-order chi connectivity index (χ0) is 19.4. The van der Waals surface area contributed by atoms with Gasteiger partial charge in [-0.2, -0.15) is 0 Å². The fraction of sp³-hybridized carbons (Fsp3) is 0.955. The van der Waals surface area contributed by atoms with Crippen LogP contribution in [0.1, 0.15) is 72.6 Å². The zero-order valence-corrected chi connectivity index (χ0v) is 18.0. The van der Waals surface area contributed by atoms with Crippen LogP contribution in [-0.2, 0) is 9.53 Å². The van der Waals surface area contributed by atoms with Crippen LogP contribution >= 0.6 is 0 Å². The van der Waals surface area contributed by atoms with Crippen LogP contribution in [0.4, 0.5) is 0 Å². The molecule has 1 saturated carbocycles. The maximum atomic E-state index is 13.2. The lowest BCUT2D eigenvalue weighted by Gasteiger charge is -2.41. The summed E-state index contributed by atoms with van der Waals surface area (Å²) in [6.45, 7) is 12.4. The molecule has 0 aromatic rings. The highest BCUT2D eigenvalue weighted by molar-refractivity contribution is 5.82. The molecule has 0 aromatic carbocycles. The van der Waals surface area contributed by atoms with E-state index in [9.17, 15) is 4.79 Å². The van der Waals surface area contributed by atoms with Gasteiger partial charge in [0.25, 0.3) is 0 Å². The van der Waals surface area contributed by atoms with Crippen LogP contribution in [0.2, 0.25) is 0 Å². The van der Waals surface area contributed by atoms with Gasteiger partial charge in [-0.05, 0) is 39.0 Å². The summed E-state index contributed by atoms with van der Waals surface area (Å²) in [5, 5.41) is 3.41. The number of hydrogen-bond donors (Lipinski definition) is 1. The molecule has 4 unspecified atom stereocenters. The van der Waals surface area contributed by atoms with Gasteiger partial charge in [0.2, 0.25) is 5.91 Å². The van der Waals surface area contributed by atoms with E-state index >= 15 is 0 Å². The van der Waals surface area contributed by atoms with Crippen LogP contribution in [0.25, 0.3) is 0 Å². The Kier molecular flexibility index (Phi) is 7.57. The first-order valence-corrected chi connectivity index (χ1v) is 11.4. The predicted octanol–water partition coefficient (Wildman–Crippen LogP) is 3.03. The highest BCUT2D eigenvalue weighted by Crippen LogP contribution is 2.25. The Labute approximate surface area is 166 Å². The first-order valence-electron chi connectivity index (χ1n) is 11.4. The second kappa shape index (κ2) is 9.71. The standard InChI is InChI=1S/C22H41N3O2/c1-16(2)21(25-13-17(3)27-18(4)14-25)22(26)23-19-11-12-24(15-19)20-9-7-5-6-8-10-20/h16-21H,5-15H2,1-4H3,(H,23,26). The van der Waals surface area contributed by atoms with Crippen molar-refractivity contribution >= 4 is 5.91 Å². The average Bonchev–Trinajstić information content (AvgIpc) is 2.87. The second-order valence-corrected chi connectivity index (χ2v) is 9.53. The number of rotatable bonds is 5. The number of likely N-dealkylation sites (tertiary alicyclic amines) is 1. The Morgan fingerprint density at radius 3 is 2.19 bits per heavy atom. The van der Waals surface area contributed by atoms with Crippen molar-refractivity contribution in [2.24, 2.45) is 5.92 Å². The van der Waals surface area contributed by atoms with Gasteiger partial charge in [0.15, 0.2) is 0 Å². The molecule has 156 valence electrons.